The molecular weight excluding hydrogens is 364 g/mol. The van der Waals surface area contributed by atoms with Crippen molar-refractivity contribution in [2.75, 3.05) is 34.3 Å². The van der Waals surface area contributed by atoms with Gasteiger partial charge in [0.25, 0.3) is 0 Å². The molecule has 0 aromatic heterocycles. The number of aryl methyl sites for hydroxylation is 1. The van der Waals surface area contributed by atoms with E-state index >= 15 is 0 Å². The minimum Gasteiger partial charge on any atom is -0.504 e. The van der Waals surface area contributed by atoms with E-state index in [1.165, 1.54) is 20.0 Å². The molecule has 0 spiro atoms. The minimum atomic E-state index is 0. The van der Waals surface area contributed by atoms with Crippen LogP contribution in [0.15, 0.2) is 18.2 Å². The summed E-state index contributed by atoms with van der Waals surface area (Å²) in [7, 11) is 5.64. The van der Waals surface area contributed by atoms with Gasteiger partial charge in [0.15, 0.2) is 11.5 Å². The van der Waals surface area contributed by atoms with Crippen molar-refractivity contribution in [2.45, 2.75) is 51.5 Å². The molecule has 0 atom stereocenters. The Kier molecular flexibility index (Phi) is 9.95. The Morgan fingerprint density at radius 2 is 1.85 bits per heavy atom. The largest absolute Gasteiger partial charge is 0.504 e. The molecule has 0 heterocycles. The highest BCUT2D eigenvalue weighted by atomic mass is 35.5. The molecule has 1 saturated carbocycles. The third kappa shape index (κ3) is 7.23. The van der Waals surface area contributed by atoms with Crippen LogP contribution in [0.5, 0.6) is 11.5 Å². The zero-order chi connectivity index (χ0) is 19.1. The van der Waals surface area contributed by atoms with Gasteiger partial charge in [-0.3, -0.25) is 4.79 Å². The van der Waals surface area contributed by atoms with Crippen molar-refractivity contribution in [1.82, 2.24) is 9.80 Å². The van der Waals surface area contributed by atoms with Gasteiger partial charge in [-0.1, -0.05) is 13.0 Å². The Morgan fingerprint density at radius 3 is 2.44 bits per heavy atom. The van der Waals surface area contributed by atoms with Crippen molar-refractivity contribution >= 4 is 18.3 Å². The van der Waals surface area contributed by atoms with Crippen LogP contribution in [-0.2, 0) is 11.2 Å². The monoisotopic (exact) mass is 398 g/mol. The lowest BCUT2D eigenvalue weighted by molar-refractivity contribution is -0.134. The maximum Gasteiger partial charge on any atom is 0.223 e. The molecule has 1 aliphatic carbocycles. The number of carbonyl (C=O) groups is 1. The van der Waals surface area contributed by atoms with E-state index in [0.29, 0.717) is 24.6 Å². The molecule has 0 saturated heterocycles. The summed E-state index contributed by atoms with van der Waals surface area (Å²) in [5.41, 5.74) is 1.01. The fraction of sp³-hybridized carbons (Fsp3) is 0.667. The Labute approximate surface area is 170 Å². The van der Waals surface area contributed by atoms with E-state index in [9.17, 15) is 9.90 Å². The number of hydrogen-bond donors (Lipinski definition) is 1. The Balaban J connectivity index is 0.00000364. The number of methoxy groups -OCH3 is 1. The number of ether oxygens (including phenoxy) is 1. The van der Waals surface area contributed by atoms with Gasteiger partial charge in [-0.2, -0.15) is 0 Å². The zero-order valence-electron chi connectivity index (χ0n) is 17.1. The zero-order valence-corrected chi connectivity index (χ0v) is 17.9. The lowest BCUT2D eigenvalue weighted by Gasteiger charge is -2.37. The van der Waals surface area contributed by atoms with Gasteiger partial charge >= 0.3 is 0 Å². The molecular formula is C21H35ClN2O3. The summed E-state index contributed by atoms with van der Waals surface area (Å²) in [4.78, 5) is 17.2. The fourth-order valence-electron chi connectivity index (χ4n) is 3.65. The number of carbonyl (C=O) groups excluding carboxylic acids is 1. The molecule has 2 rings (SSSR count). The SMILES string of the molecule is COc1cc(CCC(=O)N(CCN(C)C)[C@H]2CC[C@H](C)CC2)ccc1O.Cl. The summed E-state index contributed by atoms with van der Waals surface area (Å²) < 4.78 is 5.16. The molecule has 1 amide bonds. The standard InChI is InChI=1S/C21H34N2O3.ClH/c1-16-5-9-18(10-6-16)23(14-13-22(2)3)21(25)12-8-17-7-11-19(24)20(15-17)26-4;/h7,11,15-16,18,24H,5-6,8-10,12-14H2,1-4H3;1H/t16-,18-;. The number of phenolic OH excluding ortho intramolecular Hbond substituents is 1. The van der Waals surface area contributed by atoms with Crippen LogP contribution < -0.4 is 4.74 Å². The van der Waals surface area contributed by atoms with E-state index in [2.05, 4.69) is 16.7 Å². The predicted molar refractivity (Wildman–Crippen MR) is 112 cm³/mol. The first-order valence-corrected chi connectivity index (χ1v) is 9.70. The molecule has 0 bridgehead atoms. The molecule has 1 N–H and O–H groups in total. The van der Waals surface area contributed by atoms with Crippen LogP contribution in [-0.4, -0.2) is 61.2 Å². The van der Waals surface area contributed by atoms with Gasteiger partial charge in [0.2, 0.25) is 5.91 Å². The van der Waals surface area contributed by atoms with E-state index < -0.39 is 0 Å². The summed E-state index contributed by atoms with van der Waals surface area (Å²) in [5, 5.41) is 9.71. The first-order chi connectivity index (χ1) is 12.4. The van der Waals surface area contributed by atoms with Crippen LogP contribution in [0.1, 0.15) is 44.6 Å². The van der Waals surface area contributed by atoms with Crippen LogP contribution >= 0.6 is 12.4 Å². The number of aromatic hydroxyl groups is 1. The maximum atomic E-state index is 13.0. The molecule has 0 radical (unpaired) electrons. The molecule has 1 aromatic rings. The van der Waals surface area contributed by atoms with Gasteiger partial charge in [-0.15, -0.1) is 12.4 Å². The number of phenols is 1. The average molecular weight is 399 g/mol. The number of nitrogens with zero attached hydrogens (tertiary/aromatic N) is 2. The first kappa shape index (κ1) is 23.6. The van der Waals surface area contributed by atoms with Crippen molar-refractivity contribution in [3.05, 3.63) is 23.8 Å². The van der Waals surface area contributed by atoms with Crippen molar-refractivity contribution in [3.63, 3.8) is 0 Å². The Bertz CT molecular complexity index is 587. The molecule has 0 aliphatic heterocycles. The van der Waals surface area contributed by atoms with Crippen LogP contribution in [0.25, 0.3) is 0 Å². The normalized spacial score (nSPS) is 19.4. The minimum absolute atomic E-state index is 0. The van der Waals surface area contributed by atoms with Gasteiger partial charge in [-0.05, 0) is 69.8 Å². The lowest BCUT2D eigenvalue weighted by atomic mass is 9.86. The molecule has 154 valence electrons. The summed E-state index contributed by atoms with van der Waals surface area (Å²) in [5.74, 6) is 1.60. The number of amides is 1. The molecule has 0 unspecified atom stereocenters. The van der Waals surface area contributed by atoms with E-state index in [0.717, 1.165) is 37.4 Å². The van der Waals surface area contributed by atoms with Crippen LogP contribution in [0.2, 0.25) is 0 Å². The second-order valence-corrected chi connectivity index (χ2v) is 7.81. The summed E-state index contributed by atoms with van der Waals surface area (Å²) in [6.45, 7) is 4.00. The van der Waals surface area contributed by atoms with E-state index in [1.807, 2.05) is 26.2 Å². The number of rotatable bonds is 8. The number of likely N-dealkylation sites (N-methyl/N-ethyl adjacent to an activating group) is 1. The average Bonchev–Trinajstić information content (AvgIpc) is 2.62. The maximum absolute atomic E-state index is 13.0. The van der Waals surface area contributed by atoms with Gasteiger partial charge in [-0.25, -0.2) is 0 Å². The predicted octanol–water partition coefficient (Wildman–Crippen LogP) is 3.72. The number of halogens is 1. The topological polar surface area (TPSA) is 53.0 Å². The first-order valence-electron chi connectivity index (χ1n) is 9.70. The Hall–Kier alpha value is -1.46. The van der Waals surface area contributed by atoms with Crippen molar-refractivity contribution in [2.24, 2.45) is 5.92 Å². The van der Waals surface area contributed by atoms with Gasteiger partial charge in [0, 0.05) is 25.6 Å². The van der Waals surface area contributed by atoms with E-state index in [1.54, 1.807) is 6.07 Å². The van der Waals surface area contributed by atoms with Gasteiger partial charge in [0.1, 0.15) is 0 Å². The molecule has 5 nitrogen and oxygen atoms in total. The highest BCUT2D eigenvalue weighted by Crippen LogP contribution is 2.29. The van der Waals surface area contributed by atoms with Crippen molar-refractivity contribution in [3.8, 4) is 11.5 Å². The molecule has 6 heteroatoms. The highest BCUT2D eigenvalue weighted by Gasteiger charge is 2.27. The lowest BCUT2D eigenvalue weighted by Crippen LogP contribution is -2.45. The molecule has 1 fully saturated rings. The van der Waals surface area contributed by atoms with Crippen molar-refractivity contribution in [1.29, 1.82) is 0 Å². The fourth-order valence-corrected chi connectivity index (χ4v) is 3.65. The van der Waals surface area contributed by atoms with Gasteiger partial charge in [0.05, 0.1) is 7.11 Å². The molecule has 1 aliphatic rings. The van der Waals surface area contributed by atoms with Crippen molar-refractivity contribution < 1.29 is 14.6 Å². The smallest absolute Gasteiger partial charge is 0.223 e. The second-order valence-electron chi connectivity index (χ2n) is 7.81. The molecule has 1 aromatic carbocycles. The Morgan fingerprint density at radius 1 is 1.19 bits per heavy atom. The highest BCUT2D eigenvalue weighted by molar-refractivity contribution is 5.85. The number of hydrogen-bond acceptors (Lipinski definition) is 4. The quantitative estimate of drug-likeness (QED) is 0.725. The summed E-state index contributed by atoms with van der Waals surface area (Å²) in [6.07, 6.45) is 5.82. The summed E-state index contributed by atoms with van der Waals surface area (Å²) >= 11 is 0. The summed E-state index contributed by atoms with van der Waals surface area (Å²) in [6, 6.07) is 5.69. The molecule has 27 heavy (non-hydrogen) atoms. The van der Waals surface area contributed by atoms with E-state index in [-0.39, 0.29) is 24.1 Å². The van der Waals surface area contributed by atoms with Crippen LogP contribution in [0.4, 0.5) is 0 Å². The third-order valence-electron chi connectivity index (χ3n) is 5.41. The van der Waals surface area contributed by atoms with Gasteiger partial charge < -0.3 is 19.6 Å². The third-order valence-corrected chi connectivity index (χ3v) is 5.41. The number of benzene rings is 1. The van der Waals surface area contributed by atoms with Crippen LogP contribution in [0, 0.1) is 5.92 Å². The van der Waals surface area contributed by atoms with Crippen LogP contribution in [0.3, 0.4) is 0 Å². The second kappa shape index (κ2) is 11.4. The van der Waals surface area contributed by atoms with E-state index in [4.69, 9.17) is 4.74 Å².